The van der Waals surface area contributed by atoms with Gasteiger partial charge in [0.15, 0.2) is 11.3 Å². The number of rotatable bonds is 3. The van der Waals surface area contributed by atoms with Crippen molar-refractivity contribution in [1.82, 2.24) is 19.6 Å². The van der Waals surface area contributed by atoms with Gasteiger partial charge in [-0.05, 0) is 30.3 Å². The number of benzene rings is 1. The molecule has 0 spiro atoms. The molecule has 1 aromatic carbocycles. The first kappa shape index (κ1) is 18.4. The molecule has 29 heavy (non-hydrogen) atoms. The van der Waals surface area contributed by atoms with E-state index in [1.807, 2.05) is 0 Å². The van der Waals surface area contributed by atoms with Gasteiger partial charge in [-0.25, -0.2) is 9.50 Å². The lowest BCUT2D eigenvalue weighted by Gasteiger charge is -2.12. The van der Waals surface area contributed by atoms with Crippen LogP contribution in [0, 0.1) is 0 Å². The van der Waals surface area contributed by atoms with E-state index in [9.17, 15) is 23.1 Å². The van der Waals surface area contributed by atoms with Crippen LogP contribution in [0.2, 0.25) is 0 Å². The SMILES string of the molecule is O=C(Nc1ccccn1)c1c(O)nc2ccc(-c3ccccc3C(F)(F)F)nn12. The number of pyridine rings is 1. The zero-order chi connectivity index (χ0) is 20.6. The Balaban J connectivity index is 1.81. The molecule has 10 heteroatoms. The fourth-order valence-electron chi connectivity index (χ4n) is 2.83. The summed E-state index contributed by atoms with van der Waals surface area (Å²) in [5, 5.41) is 16.7. The molecule has 1 amide bonds. The standard InChI is InChI=1S/C19H12F3N5O2/c20-19(21,22)12-6-2-1-5-11(12)13-8-9-15-25-18(29)16(27(15)26-13)17(28)24-14-7-3-4-10-23-14/h1-10,29H,(H,23,24,28). The van der Waals surface area contributed by atoms with E-state index in [0.29, 0.717) is 0 Å². The Hall–Kier alpha value is -3.95. The maximum atomic E-state index is 13.3. The van der Waals surface area contributed by atoms with Crippen LogP contribution in [0.15, 0.2) is 60.8 Å². The summed E-state index contributed by atoms with van der Waals surface area (Å²) in [6.45, 7) is 0. The second-order valence-electron chi connectivity index (χ2n) is 5.99. The van der Waals surface area contributed by atoms with E-state index >= 15 is 0 Å². The number of hydrogen-bond acceptors (Lipinski definition) is 5. The highest BCUT2D eigenvalue weighted by molar-refractivity contribution is 6.04. The molecule has 4 aromatic rings. The van der Waals surface area contributed by atoms with Crippen molar-refractivity contribution in [2.24, 2.45) is 0 Å². The molecular weight excluding hydrogens is 387 g/mol. The minimum atomic E-state index is -4.58. The largest absolute Gasteiger partial charge is 0.492 e. The molecule has 0 aliphatic carbocycles. The highest BCUT2D eigenvalue weighted by Crippen LogP contribution is 2.36. The number of carbonyl (C=O) groups excluding carboxylic acids is 1. The molecular formula is C19H12F3N5O2. The molecule has 2 N–H and O–H groups in total. The number of nitrogens with zero attached hydrogens (tertiary/aromatic N) is 4. The molecule has 3 aromatic heterocycles. The van der Waals surface area contributed by atoms with Gasteiger partial charge in [0, 0.05) is 11.8 Å². The number of amides is 1. The minimum absolute atomic E-state index is 0.0327. The van der Waals surface area contributed by atoms with Crippen LogP contribution in [0.3, 0.4) is 0 Å². The van der Waals surface area contributed by atoms with Crippen LogP contribution in [-0.4, -0.2) is 30.6 Å². The molecule has 4 rings (SSSR count). The molecule has 0 radical (unpaired) electrons. The normalized spacial score (nSPS) is 11.6. The number of nitrogens with one attached hydrogen (secondary N) is 1. The smallest absolute Gasteiger partial charge is 0.417 e. The van der Waals surface area contributed by atoms with Gasteiger partial charge < -0.3 is 10.4 Å². The van der Waals surface area contributed by atoms with Crippen LogP contribution in [-0.2, 0) is 6.18 Å². The van der Waals surface area contributed by atoms with E-state index in [4.69, 9.17) is 0 Å². The molecule has 3 heterocycles. The lowest BCUT2D eigenvalue weighted by Crippen LogP contribution is -2.16. The fourth-order valence-corrected chi connectivity index (χ4v) is 2.83. The first-order chi connectivity index (χ1) is 13.8. The summed E-state index contributed by atoms with van der Waals surface area (Å²) in [6, 6.07) is 12.5. The Kier molecular flexibility index (Phi) is 4.38. The summed E-state index contributed by atoms with van der Waals surface area (Å²) in [6.07, 6.45) is -3.11. The number of aromatic hydroxyl groups is 1. The quantitative estimate of drug-likeness (QED) is 0.547. The number of fused-ring (bicyclic) bond motifs is 1. The number of carbonyl (C=O) groups is 1. The summed E-state index contributed by atoms with van der Waals surface area (Å²) in [4.78, 5) is 20.4. The lowest BCUT2D eigenvalue weighted by molar-refractivity contribution is -0.137. The van der Waals surface area contributed by atoms with Gasteiger partial charge in [-0.3, -0.25) is 4.79 Å². The Bertz CT molecular complexity index is 1210. The average molecular weight is 399 g/mol. The van der Waals surface area contributed by atoms with Gasteiger partial charge >= 0.3 is 6.18 Å². The Morgan fingerprint density at radius 1 is 1.03 bits per heavy atom. The molecule has 0 saturated carbocycles. The second kappa shape index (κ2) is 6.89. The molecule has 0 fully saturated rings. The van der Waals surface area contributed by atoms with E-state index in [1.165, 1.54) is 42.6 Å². The highest BCUT2D eigenvalue weighted by atomic mass is 19.4. The number of imidazole rings is 1. The van der Waals surface area contributed by atoms with E-state index in [-0.39, 0.29) is 28.4 Å². The lowest BCUT2D eigenvalue weighted by atomic mass is 10.0. The summed E-state index contributed by atoms with van der Waals surface area (Å²) >= 11 is 0. The van der Waals surface area contributed by atoms with Crippen molar-refractivity contribution >= 4 is 17.4 Å². The molecule has 0 atom stereocenters. The first-order valence-corrected chi connectivity index (χ1v) is 8.32. The van der Waals surface area contributed by atoms with Gasteiger partial charge in [0.05, 0.1) is 11.3 Å². The zero-order valence-electron chi connectivity index (χ0n) is 14.6. The van der Waals surface area contributed by atoms with Crippen molar-refractivity contribution < 1.29 is 23.1 Å². The predicted octanol–water partition coefficient (Wildman–Crippen LogP) is 3.77. The van der Waals surface area contributed by atoms with Gasteiger partial charge in [0.2, 0.25) is 5.88 Å². The van der Waals surface area contributed by atoms with E-state index in [2.05, 4.69) is 20.4 Å². The molecule has 0 aliphatic heterocycles. The van der Waals surface area contributed by atoms with E-state index in [0.717, 1.165) is 10.6 Å². The Morgan fingerprint density at radius 3 is 2.52 bits per heavy atom. The molecule has 0 bridgehead atoms. The number of halogens is 3. The van der Waals surface area contributed by atoms with Gasteiger partial charge in [0.25, 0.3) is 5.91 Å². The van der Waals surface area contributed by atoms with Crippen molar-refractivity contribution in [1.29, 1.82) is 0 Å². The minimum Gasteiger partial charge on any atom is -0.492 e. The van der Waals surface area contributed by atoms with Crippen molar-refractivity contribution in [3.8, 4) is 17.1 Å². The van der Waals surface area contributed by atoms with Crippen LogP contribution < -0.4 is 5.32 Å². The summed E-state index contributed by atoms with van der Waals surface area (Å²) in [7, 11) is 0. The van der Waals surface area contributed by atoms with Gasteiger partial charge in [-0.2, -0.15) is 23.3 Å². The van der Waals surface area contributed by atoms with Crippen molar-refractivity contribution in [2.75, 3.05) is 5.32 Å². The maximum absolute atomic E-state index is 13.3. The van der Waals surface area contributed by atoms with Crippen LogP contribution in [0.4, 0.5) is 19.0 Å². The van der Waals surface area contributed by atoms with Crippen molar-refractivity contribution in [3.63, 3.8) is 0 Å². The third-order valence-corrected chi connectivity index (χ3v) is 4.09. The van der Waals surface area contributed by atoms with Crippen LogP contribution in [0.25, 0.3) is 16.9 Å². The zero-order valence-corrected chi connectivity index (χ0v) is 14.6. The van der Waals surface area contributed by atoms with Crippen LogP contribution in [0.5, 0.6) is 5.88 Å². The van der Waals surface area contributed by atoms with Gasteiger partial charge in [-0.1, -0.05) is 24.3 Å². The first-order valence-electron chi connectivity index (χ1n) is 8.32. The Labute approximate surface area is 161 Å². The van der Waals surface area contributed by atoms with Crippen LogP contribution >= 0.6 is 0 Å². The number of alkyl halides is 3. The van der Waals surface area contributed by atoms with Gasteiger partial charge in [0.1, 0.15) is 5.82 Å². The third kappa shape index (κ3) is 3.47. The monoisotopic (exact) mass is 399 g/mol. The highest BCUT2D eigenvalue weighted by Gasteiger charge is 2.34. The van der Waals surface area contributed by atoms with Gasteiger partial charge in [-0.15, -0.1) is 0 Å². The number of hydrogen-bond donors (Lipinski definition) is 2. The molecule has 0 saturated heterocycles. The Morgan fingerprint density at radius 2 is 1.79 bits per heavy atom. The number of anilines is 1. The predicted molar refractivity (Wildman–Crippen MR) is 97.3 cm³/mol. The average Bonchev–Trinajstić information content (AvgIpc) is 3.03. The topological polar surface area (TPSA) is 92.4 Å². The molecule has 7 nitrogen and oxygen atoms in total. The number of aromatic nitrogens is 4. The maximum Gasteiger partial charge on any atom is 0.417 e. The second-order valence-corrected chi connectivity index (χ2v) is 5.99. The summed E-state index contributed by atoms with van der Waals surface area (Å²) in [5.41, 5.74) is -1.28. The van der Waals surface area contributed by atoms with Crippen molar-refractivity contribution in [3.05, 3.63) is 72.1 Å². The fraction of sp³-hybridized carbons (Fsp3) is 0.0526. The molecule has 146 valence electrons. The van der Waals surface area contributed by atoms with Crippen molar-refractivity contribution in [2.45, 2.75) is 6.18 Å². The van der Waals surface area contributed by atoms with E-state index in [1.54, 1.807) is 12.1 Å². The van der Waals surface area contributed by atoms with Crippen LogP contribution in [0.1, 0.15) is 16.1 Å². The molecule has 0 aliphatic rings. The third-order valence-electron chi connectivity index (χ3n) is 4.09. The summed E-state index contributed by atoms with van der Waals surface area (Å²) in [5.74, 6) is -1.14. The van der Waals surface area contributed by atoms with E-state index < -0.39 is 23.5 Å². The summed E-state index contributed by atoms with van der Waals surface area (Å²) < 4.78 is 41.0. The molecule has 0 unspecified atom stereocenters.